The maximum Gasteiger partial charge on any atom is 0.0705 e. The van der Waals surface area contributed by atoms with Crippen LogP contribution < -0.4 is 5.32 Å². The fourth-order valence-electron chi connectivity index (χ4n) is 2.53. The van der Waals surface area contributed by atoms with E-state index in [4.69, 9.17) is 0 Å². The Morgan fingerprint density at radius 3 is 2.84 bits per heavy atom. The second kappa shape index (κ2) is 7.25. The highest BCUT2D eigenvalue weighted by molar-refractivity contribution is 5.78. The van der Waals surface area contributed by atoms with Gasteiger partial charge in [0.05, 0.1) is 5.52 Å². The molecule has 0 saturated carbocycles. The van der Waals surface area contributed by atoms with Crippen molar-refractivity contribution in [2.45, 2.75) is 45.6 Å². The molecule has 0 amide bonds. The molecule has 2 heteroatoms. The highest BCUT2D eigenvalue weighted by atomic mass is 14.9. The van der Waals surface area contributed by atoms with Gasteiger partial charge in [-0.1, -0.05) is 51.3 Å². The van der Waals surface area contributed by atoms with Crippen molar-refractivity contribution in [3.63, 3.8) is 0 Å². The smallest absolute Gasteiger partial charge is 0.0705 e. The number of rotatable bonds is 7. The van der Waals surface area contributed by atoms with E-state index < -0.39 is 0 Å². The molecule has 102 valence electrons. The van der Waals surface area contributed by atoms with Crippen molar-refractivity contribution in [2.24, 2.45) is 0 Å². The van der Waals surface area contributed by atoms with Crippen molar-refractivity contribution in [2.75, 3.05) is 6.54 Å². The van der Waals surface area contributed by atoms with Gasteiger partial charge in [0, 0.05) is 17.6 Å². The van der Waals surface area contributed by atoms with E-state index in [0.29, 0.717) is 6.04 Å². The fourth-order valence-corrected chi connectivity index (χ4v) is 2.53. The van der Waals surface area contributed by atoms with E-state index in [9.17, 15) is 0 Å². The van der Waals surface area contributed by atoms with Gasteiger partial charge in [0.1, 0.15) is 0 Å². The number of unbranched alkanes of at least 4 members (excludes halogenated alkanes) is 2. The van der Waals surface area contributed by atoms with Gasteiger partial charge in [-0.2, -0.15) is 0 Å². The van der Waals surface area contributed by atoms with Crippen LogP contribution in [-0.4, -0.2) is 11.5 Å². The molecule has 1 atom stereocenters. The van der Waals surface area contributed by atoms with Gasteiger partial charge in [0.2, 0.25) is 0 Å². The van der Waals surface area contributed by atoms with Gasteiger partial charge in [0.15, 0.2) is 0 Å². The van der Waals surface area contributed by atoms with Crippen molar-refractivity contribution >= 4 is 10.9 Å². The second-order valence-corrected chi connectivity index (χ2v) is 5.06. The van der Waals surface area contributed by atoms with Crippen molar-refractivity contribution in [1.82, 2.24) is 10.3 Å². The number of hydrogen-bond donors (Lipinski definition) is 1. The van der Waals surface area contributed by atoms with Crippen LogP contribution in [0.4, 0.5) is 0 Å². The van der Waals surface area contributed by atoms with E-state index in [0.717, 1.165) is 12.1 Å². The quantitative estimate of drug-likeness (QED) is 0.739. The molecule has 0 saturated heterocycles. The molecule has 0 spiro atoms. The van der Waals surface area contributed by atoms with Gasteiger partial charge in [0.25, 0.3) is 0 Å². The number of nitrogens with zero attached hydrogens (tertiary/aromatic N) is 1. The average Bonchev–Trinajstić information content (AvgIpc) is 2.46. The molecule has 2 aromatic rings. The minimum absolute atomic E-state index is 0.461. The summed E-state index contributed by atoms with van der Waals surface area (Å²) in [6.45, 7) is 5.44. The van der Waals surface area contributed by atoms with Crippen LogP contribution in [-0.2, 0) is 0 Å². The molecule has 0 fully saturated rings. The van der Waals surface area contributed by atoms with Crippen molar-refractivity contribution in [3.8, 4) is 0 Å². The maximum absolute atomic E-state index is 4.45. The Hall–Kier alpha value is -1.41. The summed E-state index contributed by atoms with van der Waals surface area (Å²) in [6, 6.07) is 11.2. The molecule has 0 radical (unpaired) electrons. The Labute approximate surface area is 116 Å². The molecule has 1 unspecified atom stereocenters. The number of fused-ring (bicyclic) bond motifs is 1. The fraction of sp³-hybridized carbons (Fsp3) is 0.471. The first-order valence-electron chi connectivity index (χ1n) is 7.43. The number of pyridine rings is 1. The molecule has 0 aliphatic rings. The Kier molecular flexibility index (Phi) is 5.34. The zero-order valence-electron chi connectivity index (χ0n) is 12.0. The van der Waals surface area contributed by atoms with Gasteiger partial charge < -0.3 is 5.32 Å². The summed E-state index contributed by atoms with van der Waals surface area (Å²) in [6.07, 6.45) is 6.95. The Morgan fingerprint density at radius 2 is 2.05 bits per heavy atom. The highest BCUT2D eigenvalue weighted by Crippen LogP contribution is 2.23. The summed E-state index contributed by atoms with van der Waals surface area (Å²) in [5, 5.41) is 4.81. The van der Waals surface area contributed by atoms with Gasteiger partial charge in [-0.25, -0.2) is 0 Å². The summed E-state index contributed by atoms with van der Waals surface area (Å²) in [5.74, 6) is 0. The average molecular weight is 256 g/mol. The molecule has 2 nitrogen and oxygen atoms in total. The molecule has 19 heavy (non-hydrogen) atoms. The third-order valence-electron chi connectivity index (χ3n) is 3.58. The number of nitrogens with one attached hydrogen (secondary N) is 1. The van der Waals surface area contributed by atoms with Crippen LogP contribution in [0.1, 0.15) is 51.1 Å². The standard InChI is InChI=1S/C17H24N2/c1-3-5-6-9-16(18-4-2)15-11-10-14-8-7-12-19-17(14)13-15/h7-8,10-13,16,18H,3-6,9H2,1-2H3. The van der Waals surface area contributed by atoms with E-state index in [1.165, 1.54) is 36.6 Å². The zero-order chi connectivity index (χ0) is 13.5. The van der Waals surface area contributed by atoms with Gasteiger partial charge >= 0.3 is 0 Å². The van der Waals surface area contributed by atoms with Crippen LogP contribution in [0.3, 0.4) is 0 Å². The van der Waals surface area contributed by atoms with E-state index in [1.807, 2.05) is 12.3 Å². The van der Waals surface area contributed by atoms with Crippen LogP contribution in [0.25, 0.3) is 10.9 Å². The number of aromatic nitrogens is 1. The molecule has 0 aliphatic carbocycles. The largest absolute Gasteiger partial charge is 0.310 e. The van der Waals surface area contributed by atoms with Crippen molar-refractivity contribution < 1.29 is 0 Å². The monoisotopic (exact) mass is 256 g/mol. The first kappa shape index (κ1) is 14.0. The minimum Gasteiger partial charge on any atom is -0.310 e. The van der Waals surface area contributed by atoms with E-state index >= 15 is 0 Å². The second-order valence-electron chi connectivity index (χ2n) is 5.06. The van der Waals surface area contributed by atoms with E-state index in [-0.39, 0.29) is 0 Å². The molecule has 1 aromatic carbocycles. The summed E-state index contributed by atoms with van der Waals surface area (Å²) < 4.78 is 0. The molecule has 1 N–H and O–H groups in total. The third-order valence-corrected chi connectivity index (χ3v) is 3.58. The van der Waals surface area contributed by atoms with E-state index in [1.54, 1.807) is 0 Å². The summed E-state index contributed by atoms with van der Waals surface area (Å²) in [5.41, 5.74) is 2.46. The van der Waals surface area contributed by atoms with E-state index in [2.05, 4.69) is 48.4 Å². The van der Waals surface area contributed by atoms with Gasteiger partial charge in [-0.05, 0) is 30.7 Å². The Bertz CT molecular complexity index is 507. The summed E-state index contributed by atoms with van der Waals surface area (Å²) >= 11 is 0. The predicted octanol–water partition coefficient (Wildman–Crippen LogP) is 4.47. The molecular weight excluding hydrogens is 232 g/mol. The molecule has 2 rings (SSSR count). The Morgan fingerprint density at radius 1 is 1.16 bits per heavy atom. The van der Waals surface area contributed by atoms with Crippen molar-refractivity contribution in [3.05, 3.63) is 42.1 Å². The zero-order valence-corrected chi connectivity index (χ0v) is 12.0. The van der Waals surface area contributed by atoms with Crippen LogP contribution in [0, 0.1) is 0 Å². The van der Waals surface area contributed by atoms with Gasteiger partial charge in [-0.15, -0.1) is 0 Å². The van der Waals surface area contributed by atoms with Crippen LogP contribution >= 0.6 is 0 Å². The number of benzene rings is 1. The lowest BCUT2D eigenvalue weighted by Crippen LogP contribution is -2.20. The molecule has 0 aliphatic heterocycles. The Balaban J connectivity index is 2.17. The normalized spacial score (nSPS) is 12.7. The summed E-state index contributed by atoms with van der Waals surface area (Å²) in [4.78, 5) is 4.45. The third kappa shape index (κ3) is 3.77. The SMILES string of the molecule is CCCCCC(NCC)c1ccc2cccnc2c1. The first-order valence-corrected chi connectivity index (χ1v) is 7.43. The van der Waals surface area contributed by atoms with Crippen LogP contribution in [0.2, 0.25) is 0 Å². The lowest BCUT2D eigenvalue weighted by atomic mass is 9.99. The predicted molar refractivity (Wildman–Crippen MR) is 82.3 cm³/mol. The van der Waals surface area contributed by atoms with Crippen LogP contribution in [0.15, 0.2) is 36.5 Å². The van der Waals surface area contributed by atoms with Crippen molar-refractivity contribution in [1.29, 1.82) is 0 Å². The lowest BCUT2D eigenvalue weighted by Gasteiger charge is -2.18. The minimum atomic E-state index is 0.461. The summed E-state index contributed by atoms with van der Waals surface area (Å²) in [7, 11) is 0. The lowest BCUT2D eigenvalue weighted by molar-refractivity contribution is 0.487. The molecule has 0 bridgehead atoms. The first-order chi connectivity index (χ1) is 9.35. The molecule has 1 aromatic heterocycles. The maximum atomic E-state index is 4.45. The van der Waals surface area contributed by atoms with Gasteiger partial charge in [-0.3, -0.25) is 4.98 Å². The number of hydrogen-bond acceptors (Lipinski definition) is 2. The molecular formula is C17H24N2. The molecule has 1 heterocycles. The highest BCUT2D eigenvalue weighted by Gasteiger charge is 2.10. The van der Waals surface area contributed by atoms with Crippen LogP contribution in [0.5, 0.6) is 0 Å². The topological polar surface area (TPSA) is 24.9 Å².